The molecule has 0 aliphatic carbocycles. The lowest BCUT2D eigenvalue weighted by Crippen LogP contribution is -2.49. The number of hydrogen-bond acceptors (Lipinski definition) is 7. The maximum atomic E-state index is 13.6. The largest absolute Gasteiger partial charge is 0.463 e. The Morgan fingerprint density at radius 3 is 2.32 bits per heavy atom. The van der Waals surface area contributed by atoms with E-state index in [2.05, 4.69) is 29.1 Å². The van der Waals surface area contributed by atoms with Gasteiger partial charge in [0.2, 0.25) is 11.8 Å². The Morgan fingerprint density at radius 2 is 1.60 bits per heavy atom. The summed E-state index contributed by atoms with van der Waals surface area (Å²) in [7, 11) is 0. The highest BCUT2D eigenvalue weighted by molar-refractivity contribution is 5.99. The minimum absolute atomic E-state index is 0.122. The van der Waals surface area contributed by atoms with Gasteiger partial charge in [-0.2, -0.15) is 0 Å². The molecule has 3 atom stereocenters. The topological polar surface area (TPSA) is 143 Å². The van der Waals surface area contributed by atoms with Crippen LogP contribution in [0.25, 0.3) is 10.8 Å². The van der Waals surface area contributed by atoms with Gasteiger partial charge >= 0.3 is 5.97 Å². The molecule has 3 aromatic carbocycles. The molecule has 0 fully saturated rings. The first kappa shape index (κ1) is 36.7. The van der Waals surface area contributed by atoms with Crippen LogP contribution < -0.4 is 16.0 Å². The standard InChI is InChI=1S/C37H45N3O7/c1-3-5-14-31(23-27-12-7-6-8-13-27)37(45)47-26-33(36(44)39-32-18-17-28-15-9-10-16-29(28)24-32)40-35(43)30(11-4-2)25-34(42)38-19-21-46-22-20-41/h3-4,6-10,12-13,15-18,24,30-31,33,41H,1-2,5,11,14,19-23,25-26H2,(H,38,42)(H,39,44)(H,40,43). The summed E-state index contributed by atoms with van der Waals surface area (Å²) in [5.74, 6) is -3.30. The molecule has 10 nitrogen and oxygen atoms in total. The van der Waals surface area contributed by atoms with Crippen LogP contribution in [0, 0.1) is 11.8 Å². The Bertz CT molecular complexity index is 1480. The monoisotopic (exact) mass is 643 g/mol. The van der Waals surface area contributed by atoms with Crippen LogP contribution >= 0.6 is 0 Å². The second-order valence-electron chi connectivity index (χ2n) is 11.1. The first-order valence-corrected chi connectivity index (χ1v) is 15.8. The summed E-state index contributed by atoms with van der Waals surface area (Å²) in [5, 5.41) is 19.0. The average Bonchev–Trinajstić information content (AvgIpc) is 3.08. The van der Waals surface area contributed by atoms with Gasteiger partial charge in [-0.3, -0.25) is 19.2 Å². The van der Waals surface area contributed by atoms with E-state index in [1.807, 2.05) is 66.7 Å². The highest BCUT2D eigenvalue weighted by Crippen LogP contribution is 2.20. The minimum Gasteiger partial charge on any atom is -0.463 e. The number of fused-ring (bicyclic) bond motifs is 1. The fourth-order valence-corrected chi connectivity index (χ4v) is 4.98. The number of hydrogen-bond donors (Lipinski definition) is 4. The van der Waals surface area contributed by atoms with Gasteiger partial charge in [-0.15, -0.1) is 13.2 Å². The number of carbonyl (C=O) groups excluding carboxylic acids is 4. The maximum Gasteiger partial charge on any atom is 0.309 e. The van der Waals surface area contributed by atoms with Crippen molar-refractivity contribution in [1.82, 2.24) is 10.6 Å². The van der Waals surface area contributed by atoms with Gasteiger partial charge in [0.25, 0.3) is 5.91 Å². The predicted molar refractivity (Wildman–Crippen MR) is 182 cm³/mol. The quantitative estimate of drug-likeness (QED) is 0.0769. The van der Waals surface area contributed by atoms with Gasteiger partial charge in [0, 0.05) is 18.7 Å². The SMILES string of the molecule is C=CCCC(Cc1ccccc1)C(=O)OCC(NC(=O)C(CC=C)CC(=O)NCCOCCO)C(=O)Nc1ccc2ccccc2c1. The molecule has 3 aromatic rings. The lowest BCUT2D eigenvalue weighted by atomic mass is 9.95. The van der Waals surface area contributed by atoms with Crippen molar-refractivity contribution in [1.29, 1.82) is 0 Å². The van der Waals surface area contributed by atoms with Crippen LogP contribution in [-0.2, 0) is 35.1 Å². The van der Waals surface area contributed by atoms with Crippen molar-refractivity contribution in [2.45, 2.75) is 38.1 Å². The fraction of sp³-hybridized carbons (Fsp3) is 0.351. The van der Waals surface area contributed by atoms with E-state index in [1.165, 1.54) is 6.08 Å². The number of nitrogens with one attached hydrogen (secondary N) is 3. The van der Waals surface area contributed by atoms with E-state index in [9.17, 15) is 19.2 Å². The molecule has 0 aliphatic heterocycles. The van der Waals surface area contributed by atoms with Gasteiger partial charge in [0.05, 0.1) is 31.7 Å². The fourth-order valence-electron chi connectivity index (χ4n) is 4.98. The summed E-state index contributed by atoms with van der Waals surface area (Å²) >= 11 is 0. The van der Waals surface area contributed by atoms with Gasteiger partial charge in [-0.1, -0.05) is 72.8 Å². The number of aliphatic hydroxyl groups is 1. The molecule has 0 bridgehead atoms. The molecule has 0 saturated carbocycles. The van der Waals surface area contributed by atoms with Gasteiger partial charge in [-0.25, -0.2) is 0 Å². The zero-order valence-electron chi connectivity index (χ0n) is 26.7. The molecule has 0 heterocycles. The molecule has 3 rings (SSSR count). The normalized spacial score (nSPS) is 12.7. The molecule has 47 heavy (non-hydrogen) atoms. The van der Waals surface area contributed by atoms with Gasteiger partial charge < -0.3 is 30.5 Å². The smallest absolute Gasteiger partial charge is 0.309 e. The lowest BCUT2D eigenvalue weighted by Gasteiger charge is -2.23. The Labute approximate surface area is 276 Å². The summed E-state index contributed by atoms with van der Waals surface area (Å²) in [4.78, 5) is 53.0. The second-order valence-corrected chi connectivity index (χ2v) is 11.1. The molecule has 0 aromatic heterocycles. The molecule has 3 amide bonds. The van der Waals surface area contributed by atoms with E-state index in [4.69, 9.17) is 14.6 Å². The Morgan fingerprint density at radius 1 is 0.851 bits per heavy atom. The van der Waals surface area contributed by atoms with E-state index >= 15 is 0 Å². The van der Waals surface area contributed by atoms with Gasteiger partial charge in [0.15, 0.2) is 0 Å². The van der Waals surface area contributed by atoms with Crippen molar-refractivity contribution >= 4 is 40.2 Å². The summed E-state index contributed by atoms with van der Waals surface area (Å²) in [6, 6.07) is 21.5. The molecule has 0 aliphatic rings. The van der Waals surface area contributed by atoms with Crippen molar-refractivity contribution in [3.05, 3.63) is 104 Å². The predicted octanol–water partition coefficient (Wildman–Crippen LogP) is 4.34. The molecule has 0 saturated heterocycles. The van der Waals surface area contributed by atoms with Crippen LogP contribution in [0.4, 0.5) is 5.69 Å². The van der Waals surface area contributed by atoms with E-state index < -0.39 is 42.3 Å². The number of aliphatic hydroxyl groups excluding tert-OH is 1. The van der Waals surface area contributed by atoms with E-state index in [1.54, 1.807) is 12.1 Å². The van der Waals surface area contributed by atoms with Crippen molar-refractivity contribution in [3.8, 4) is 0 Å². The van der Waals surface area contributed by atoms with Crippen molar-refractivity contribution in [3.63, 3.8) is 0 Å². The van der Waals surface area contributed by atoms with Crippen molar-refractivity contribution < 1.29 is 33.8 Å². The minimum atomic E-state index is -1.24. The first-order valence-electron chi connectivity index (χ1n) is 15.8. The zero-order valence-corrected chi connectivity index (χ0v) is 26.7. The third-order valence-corrected chi connectivity index (χ3v) is 7.48. The molecular formula is C37H45N3O7. The zero-order chi connectivity index (χ0) is 33.9. The number of carbonyl (C=O) groups is 4. The molecule has 250 valence electrons. The van der Waals surface area contributed by atoms with Crippen LogP contribution in [-0.4, -0.2) is 67.8 Å². The van der Waals surface area contributed by atoms with E-state index in [-0.39, 0.29) is 45.1 Å². The Kier molecular flexibility index (Phi) is 15.9. The first-order chi connectivity index (χ1) is 22.8. The average molecular weight is 644 g/mol. The number of rotatable bonds is 21. The van der Waals surface area contributed by atoms with Crippen LogP contribution in [0.1, 0.15) is 31.2 Å². The highest BCUT2D eigenvalue weighted by atomic mass is 16.5. The summed E-state index contributed by atoms with van der Waals surface area (Å²) in [5.41, 5.74) is 1.49. The number of amides is 3. The Balaban J connectivity index is 1.74. The van der Waals surface area contributed by atoms with Crippen LogP contribution in [0.5, 0.6) is 0 Å². The number of esters is 1. The molecule has 10 heteroatoms. The molecular weight excluding hydrogens is 598 g/mol. The van der Waals surface area contributed by atoms with E-state index in [0.29, 0.717) is 24.9 Å². The number of benzene rings is 3. The van der Waals surface area contributed by atoms with Gasteiger partial charge in [-0.05, 0) is 54.2 Å². The third kappa shape index (κ3) is 12.8. The van der Waals surface area contributed by atoms with Crippen molar-refractivity contribution in [2.75, 3.05) is 38.3 Å². The maximum absolute atomic E-state index is 13.6. The van der Waals surface area contributed by atoms with Crippen LogP contribution in [0.15, 0.2) is 98.1 Å². The van der Waals surface area contributed by atoms with Crippen LogP contribution in [0.3, 0.4) is 0 Å². The summed E-state index contributed by atoms with van der Waals surface area (Å²) in [6.07, 6.45) is 4.86. The van der Waals surface area contributed by atoms with Gasteiger partial charge in [0.1, 0.15) is 12.6 Å². The second kappa shape index (κ2) is 20.3. The lowest BCUT2D eigenvalue weighted by molar-refractivity contribution is -0.150. The molecule has 3 unspecified atom stereocenters. The Hall–Kier alpha value is -4.80. The number of anilines is 1. The van der Waals surface area contributed by atoms with Crippen LogP contribution in [0.2, 0.25) is 0 Å². The summed E-state index contributed by atoms with van der Waals surface area (Å²) in [6.45, 7) is 7.53. The van der Waals surface area contributed by atoms with Crippen molar-refractivity contribution in [2.24, 2.45) is 11.8 Å². The van der Waals surface area contributed by atoms with E-state index in [0.717, 1.165) is 16.3 Å². The summed E-state index contributed by atoms with van der Waals surface area (Å²) < 4.78 is 10.8. The highest BCUT2D eigenvalue weighted by Gasteiger charge is 2.29. The molecule has 0 spiro atoms. The molecule has 4 N–H and O–H groups in total. The third-order valence-electron chi connectivity index (χ3n) is 7.48. The number of ether oxygens (including phenoxy) is 2. The number of allylic oxidation sites excluding steroid dienone is 2. The molecule has 0 radical (unpaired) electrons.